The maximum absolute atomic E-state index is 12.2. The van der Waals surface area contributed by atoms with Crippen molar-refractivity contribution in [3.63, 3.8) is 0 Å². The molecule has 3 rings (SSSR count). The van der Waals surface area contributed by atoms with Crippen LogP contribution in [-0.2, 0) is 0 Å². The maximum Gasteiger partial charge on any atom is 0.289 e. The minimum atomic E-state index is 0.0318. The molecule has 0 radical (unpaired) electrons. The minimum absolute atomic E-state index is 0.0318. The van der Waals surface area contributed by atoms with Crippen molar-refractivity contribution in [3.05, 3.63) is 35.1 Å². The lowest BCUT2D eigenvalue weighted by Gasteiger charge is -2.30. The van der Waals surface area contributed by atoms with Gasteiger partial charge in [0.2, 0.25) is 0 Å². The molecule has 0 N–H and O–H groups in total. The summed E-state index contributed by atoms with van der Waals surface area (Å²) < 4.78 is 5.76. The van der Waals surface area contributed by atoms with E-state index in [2.05, 4.69) is 0 Å². The number of aryl methyl sites for hydroxylation is 2. The molecule has 0 saturated carbocycles. The van der Waals surface area contributed by atoms with Crippen molar-refractivity contribution in [3.8, 4) is 0 Å². The Hall–Kier alpha value is -1.77. The van der Waals surface area contributed by atoms with Gasteiger partial charge in [-0.2, -0.15) is 0 Å². The smallest absolute Gasteiger partial charge is 0.289 e. The van der Waals surface area contributed by atoms with E-state index in [-0.39, 0.29) is 5.91 Å². The van der Waals surface area contributed by atoms with E-state index in [9.17, 15) is 4.79 Å². The fraction of sp³-hybridized carbons (Fsp3) is 0.357. The third-order valence-corrected chi connectivity index (χ3v) is 3.50. The van der Waals surface area contributed by atoms with Crippen LogP contribution in [-0.4, -0.2) is 23.9 Å². The van der Waals surface area contributed by atoms with E-state index < -0.39 is 0 Å². The zero-order valence-corrected chi connectivity index (χ0v) is 10.1. The van der Waals surface area contributed by atoms with Crippen molar-refractivity contribution in [2.24, 2.45) is 0 Å². The van der Waals surface area contributed by atoms with E-state index in [0.717, 1.165) is 41.6 Å². The molecule has 1 saturated heterocycles. The van der Waals surface area contributed by atoms with Gasteiger partial charge < -0.3 is 9.32 Å². The SMILES string of the molecule is Cc1c(C(=O)N2CCC2)oc2c(C)cccc12. The minimum Gasteiger partial charge on any atom is -0.450 e. The Morgan fingerprint density at radius 2 is 2.06 bits per heavy atom. The summed E-state index contributed by atoms with van der Waals surface area (Å²) in [5, 5.41) is 1.05. The van der Waals surface area contributed by atoms with Gasteiger partial charge in [0.15, 0.2) is 5.76 Å². The van der Waals surface area contributed by atoms with Gasteiger partial charge in [-0.1, -0.05) is 18.2 Å². The summed E-state index contributed by atoms with van der Waals surface area (Å²) in [5.41, 5.74) is 2.88. The molecule has 2 aromatic rings. The number of benzene rings is 1. The van der Waals surface area contributed by atoms with Gasteiger partial charge in [0.1, 0.15) is 5.58 Å². The van der Waals surface area contributed by atoms with E-state index in [4.69, 9.17) is 4.42 Å². The van der Waals surface area contributed by atoms with Crippen molar-refractivity contribution in [2.45, 2.75) is 20.3 Å². The summed E-state index contributed by atoms with van der Waals surface area (Å²) in [6.07, 6.45) is 1.10. The summed E-state index contributed by atoms with van der Waals surface area (Å²) in [5.74, 6) is 0.540. The molecule has 1 amide bonds. The third-order valence-electron chi connectivity index (χ3n) is 3.50. The van der Waals surface area contributed by atoms with Crippen LogP contribution in [0.5, 0.6) is 0 Å². The first-order valence-corrected chi connectivity index (χ1v) is 5.96. The Labute approximate surface area is 100 Å². The second-order valence-electron chi connectivity index (χ2n) is 4.65. The lowest BCUT2D eigenvalue weighted by Crippen LogP contribution is -2.42. The van der Waals surface area contributed by atoms with Crippen LogP contribution in [0.3, 0.4) is 0 Å². The summed E-state index contributed by atoms with van der Waals surface area (Å²) in [7, 11) is 0. The number of carbonyl (C=O) groups is 1. The molecule has 2 heterocycles. The first-order valence-electron chi connectivity index (χ1n) is 5.96. The molecule has 1 aliphatic heterocycles. The van der Waals surface area contributed by atoms with Crippen molar-refractivity contribution in [2.75, 3.05) is 13.1 Å². The molecule has 0 bridgehead atoms. The van der Waals surface area contributed by atoms with E-state index in [1.165, 1.54) is 0 Å². The van der Waals surface area contributed by atoms with Crippen LogP contribution < -0.4 is 0 Å². The van der Waals surface area contributed by atoms with Crippen molar-refractivity contribution in [1.29, 1.82) is 0 Å². The molecule has 1 aromatic carbocycles. The van der Waals surface area contributed by atoms with Crippen molar-refractivity contribution in [1.82, 2.24) is 4.90 Å². The standard InChI is InChI=1S/C14H15NO2/c1-9-5-3-6-11-10(2)13(17-12(9)11)14(16)15-7-4-8-15/h3,5-6H,4,7-8H2,1-2H3. The van der Waals surface area contributed by atoms with Crippen LogP contribution >= 0.6 is 0 Å². The lowest BCUT2D eigenvalue weighted by atomic mass is 10.1. The number of furan rings is 1. The van der Waals surface area contributed by atoms with Gasteiger partial charge in [-0.05, 0) is 25.8 Å². The molecule has 1 aliphatic rings. The lowest BCUT2D eigenvalue weighted by molar-refractivity contribution is 0.0620. The van der Waals surface area contributed by atoms with Crippen molar-refractivity contribution >= 4 is 16.9 Å². The van der Waals surface area contributed by atoms with Crippen LogP contribution in [0.4, 0.5) is 0 Å². The Balaban J connectivity index is 2.13. The predicted octanol–water partition coefficient (Wildman–Crippen LogP) is 2.90. The van der Waals surface area contributed by atoms with Crippen LogP contribution in [0.25, 0.3) is 11.0 Å². The summed E-state index contributed by atoms with van der Waals surface area (Å²) in [6.45, 7) is 5.67. The molecule has 88 valence electrons. The van der Waals surface area contributed by atoms with Gasteiger partial charge in [-0.3, -0.25) is 4.79 Å². The zero-order valence-electron chi connectivity index (χ0n) is 10.1. The highest BCUT2D eigenvalue weighted by Crippen LogP contribution is 2.29. The Kier molecular flexibility index (Phi) is 2.21. The molecule has 0 spiro atoms. The average molecular weight is 229 g/mol. The van der Waals surface area contributed by atoms with Crippen LogP contribution in [0.1, 0.15) is 28.1 Å². The molecule has 3 nitrogen and oxygen atoms in total. The molecule has 1 aromatic heterocycles. The highest BCUT2D eigenvalue weighted by atomic mass is 16.3. The second kappa shape index (κ2) is 3.62. The first-order chi connectivity index (χ1) is 8.18. The highest BCUT2D eigenvalue weighted by Gasteiger charge is 2.27. The fourth-order valence-electron chi connectivity index (χ4n) is 2.25. The second-order valence-corrected chi connectivity index (χ2v) is 4.65. The third kappa shape index (κ3) is 1.46. The van der Waals surface area contributed by atoms with E-state index in [0.29, 0.717) is 5.76 Å². The molecule has 0 unspecified atom stereocenters. The summed E-state index contributed by atoms with van der Waals surface area (Å²) in [4.78, 5) is 14.0. The molecule has 1 fully saturated rings. The van der Waals surface area contributed by atoms with Crippen LogP contribution in [0, 0.1) is 13.8 Å². The number of likely N-dealkylation sites (tertiary alicyclic amines) is 1. The van der Waals surface area contributed by atoms with Gasteiger partial charge in [0.25, 0.3) is 5.91 Å². The van der Waals surface area contributed by atoms with Gasteiger partial charge >= 0.3 is 0 Å². The molecular formula is C14H15NO2. The topological polar surface area (TPSA) is 33.5 Å². The Morgan fingerprint density at radius 3 is 2.65 bits per heavy atom. The monoisotopic (exact) mass is 229 g/mol. The van der Waals surface area contributed by atoms with Crippen molar-refractivity contribution < 1.29 is 9.21 Å². The molecule has 0 atom stereocenters. The summed E-state index contributed by atoms with van der Waals surface area (Å²) >= 11 is 0. The van der Waals surface area contributed by atoms with E-state index in [1.54, 1.807) is 0 Å². The number of carbonyl (C=O) groups excluding carboxylic acids is 1. The van der Waals surface area contributed by atoms with Gasteiger partial charge in [0, 0.05) is 24.0 Å². The van der Waals surface area contributed by atoms with Gasteiger partial charge in [0.05, 0.1) is 0 Å². The quantitative estimate of drug-likeness (QED) is 0.753. The zero-order chi connectivity index (χ0) is 12.0. The average Bonchev–Trinajstić information content (AvgIpc) is 2.56. The fourth-order valence-corrected chi connectivity index (χ4v) is 2.25. The predicted molar refractivity (Wildman–Crippen MR) is 66.2 cm³/mol. The van der Waals surface area contributed by atoms with Gasteiger partial charge in [-0.25, -0.2) is 0 Å². The Bertz CT molecular complexity index is 594. The van der Waals surface area contributed by atoms with Crippen LogP contribution in [0.15, 0.2) is 22.6 Å². The molecular weight excluding hydrogens is 214 g/mol. The normalized spacial score (nSPS) is 15.1. The van der Waals surface area contributed by atoms with E-state index >= 15 is 0 Å². The summed E-state index contributed by atoms with van der Waals surface area (Å²) in [6, 6.07) is 6.01. The van der Waals surface area contributed by atoms with E-state index in [1.807, 2.05) is 36.9 Å². The number of rotatable bonds is 1. The Morgan fingerprint density at radius 1 is 1.29 bits per heavy atom. The largest absolute Gasteiger partial charge is 0.450 e. The molecule has 0 aliphatic carbocycles. The first kappa shape index (κ1) is 10.4. The number of hydrogen-bond acceptors (Lipinski definition) is 2. The highest BCUT2D eigenvalue weighted by molar-refractivity contribution is 5.99. The van der Waals surface area contributed by atoms with Gasteiger partial charge in [-0.15, -0.1) is 0 Å². The number of amides is 1. The number of para-hydroxylation sites is 1. The molecule has 17 heavy (non-hydrogen) atoms. The maximum atomic E-state index is 12.2. The molecule has 3 heteroatoms. The number of fused-ring (bicyclic) bond motifs is 1. The van der Waals surface area contributed by atoms with Crippen LogP contribution in [0.2, 0.25) is 0 Å². The number of hydrogen-bond donors (Lipinski definition) is 0. The number of nitrogens with zero attached hydrogens (tertiary/aromatic N) is 1.